The van der Waals surface area contributed by atoms with Crippen molar-refractivity contribution in [1.82, 2.24) is 34.7 Å². The van der Waals surface area contributed by atoms with Crippen LogP contribution in [-0.2, 0) is 7.05 Å². The van der Waals surface area contributed by atoms with Crippen LogP contribution in [0.25, 0.3) is 5.78 Å². The summed E-state index contributed by atoms with van der Waals surface area (Å²) in [4.78, 5) is 17.0. The first kappa shape index (κ1) is 15.7. The number of rotatable bonds is 4. The van der Waals surface area contributed by atoms with Crippen molar-refractivity contribution in [3.8, 4) is 0 Å². The number of aliphatic hydroxyl groups excluding tert-OH is 1. The van der Waals surface area contributed by atoms with Gasteiger partial charge in [0.25, 0.3) is 11.7 Å². The molecule has 1 saturated carbocycles. The van der Waals surface area contributed by atoms with Crippen molar-refractivity contribution in [2.75, 3.05) is 0 Å². The zero-order valence-corrected chi connectivity index (χ0v) is 14.0. The molecule has 2 N–H and O–H groups in total. The number of carbonyl (C=O) groups is 1. The lowest BCUT2D eigenvalue weighted by molar-refractivity contribution is 0.0234. The molecule has 0 spiro atoms. The topological polar surface area (TPSA) is 110 Å². The van der Waals surface area contributed by atoms with Gasteiger partial charge in [0.15, 0.2) is 0 Å². The van der Waals surface area contributed by atoms with E-state index in [1.54, 1.807) is 27.5 Å². The zero-order valence-electron chi connectivity index (χ0n) is 14.0. The SMILES string of the molecule is Cc1ccn2c(C(=O)N[C@H](c3cnn(C)c3)C3CC(O)C3)nnc2n1. The van der Waals surface area contributed by atoms with Gasteiger partial charge in [0, 0.05) is 30.7 Å². The molecule has 0 aliphatic heterocycles. The molecule has 1 aliphatic carbocycles. The van der Waals surface area contributed by atoms with Crippen LogP contribution in [0.4, 0.5) is 0 Å². The Hall–Kier alpha value is -2.81. The van der Waals surface area contributed by atoms with E-state index >= 15 is 0 Å². The van der Waals surface area contributed by atoms with Gasteiger partial charge in [0.2, 0.25) is 5.82 Å². The van der Waals surface area contributed by atoms with E-state index < -0.39 is 0 Å². The molecule has 0 saturated heterocycles. The normalized spacial score (nSPS) is 21.1. The van der Waals surface area contributed by atoms with Gasteiger partial charge in [-0.1, -0.05) is 0 Å². The van der Waals surface area contributed by atoms with Gasteiger partial charge in [0.05, 0.1) is 18.3 Å². The number of hydrogen-bond acceptors (Lipinski definition) is 6. The first-order chi connectivity index (χ1) is 12.0. The smallest absolute Gasteiger partial charge is 0.290 e. The second kappa shape index (κ2) is 5.92. The summed E-state index contributed by atoms with van der Waals surface area (Å²) in [6.45, 7) is 1.86. The number of amides is 1. The van der Waals surface area contributed by atoms with E-state index in [9.17, 15) is 9.90 Å². The van der Waals surface area contributed by atoms with Gasteiger partial charge in [-0.3, -0.25) is 13.9 Å². The summed E-state index contributed by atoms with van der Waals surface area (Å²) >= 11 is 0. The molecule has 3 heterocycles. The van der Waals surface area contributed by atoms with Crippen molar-refractivity contribution < 1.29 is 9.90 Å². The molecule has 130 valence electrons. The van der Waals surface area contributed by atoms with E-state index in [4.69, 9.17) is 0 Å². The fourth-order valence-corrected chi connectivity index (χ4v) is 3.21. The van der Waals surface area contributed by atoms with Gasteiger partial charge in [-0.15, -0.1) is 10.2 Å². The Labute approximate surface area is 143 Å². The molecule has 0 radical (unpaired) electrons. The number of aryl methyl sites for hydroxylation is 2. The zero-order chi connectivity index (χ0) is 17.6. The molecular weight excluding hydrogens is 322 g/mol. The number of aliphatic hydroxyl groups is 1. The lowest BCUT2D eigenvalue weighted by atomic mass is 9.75. The van der Waals surface area contributed by atoms with Crippen LogP contribution in [0, 0.1) is 12.8 Å². The molecule has 1 aliphatic rings. The number of carbonyl (C=O) groups excluding carboxylic acids is 1. The Morgan fingerprint density at radius 3 is 2.88 bits per heavy atom. The van der Waals surface area contributed by atoms with Crippen LogP contribution in [0.5, 0.6) is 0 Å². The van der Waals surface area contributed by atoms with E-state index in [-0.39, 0.29) is 29.8 Å². The molecule has 0 aromatic carbocycles. The Morgan fingerprint density at radius 1 is 1.40 bits per heavy atom. The summed E-state index contributed by atoms with van der Waals surface area (Å²) in [5, 5.41) is 24.8. The van der Waals surface area contributed by atoms with Gasteiger partial charge >= 0.3 is 0 Å². The minimum atomic E-state index is -0.326. The lowest BCUT2D eigenvalue weighted by Gasteiger charge is -2.37. The first-order valence-corrected chi connectivity index (χ1v) is 8.17. The van der Waals surface area contributed by atoms with Crippen LogP contribution in [0.3, 0.4) is 0 Å². The predicted octanol–water partition coefficient (Wildman–Crippen LogP) is 0.408. The largest absolute Gasteiger partial charge is 0.393 e. The summed E-state index contributed by atoms with van der Waals surface area (Å²) in [5.41, 5.74) is 1.72. The molecule has 1 atom stereocenters. The number of nitrogens with zero attached hydrogens (tertiary/aromatic N) is 6. The van der Waals surface area contributed by atoms with E-state index in [1.165, 1.54) is 0 Å². The van der Waals surface area contributed by atoms with Crippen LogP contribution in [0.15, 0.2) is 24.7 Å². The minimum absolute atomic E-state index is 0.169. The third-order valence-corrected chi connectivity index (χ3v) is 4.61. The number of aromatic nitrogens is 6. The lowest BCUT2D eigenvalue weighted by Crippen LogP contribution is -2.41. The van der Waals surface area contributed by atoms with Gasteiger partial charge in [-0.2, -0.15) is 5.10 Å². The first-order valence-electron chi connectivity index (χ1n) is 8.17. The summed E-state index contributed by atoms with van der Waals surface area (Å²) in [5.74, 6) is 0.425. The van der Waals surface area contributed by atoms with Crippen LogP contribution in [-0.4, -0.2) is 46.5 Å². The van der Waals surface area contributed by atoms with Crippen molar-refractivity contribution in [2.45, 2.75) is 31.9 Å². The second-order valence-corrected chi connectivity index (χ2v) is 6.55. The Morgan fingerprint density at radius 2 is 2.20 bits per heavy atom. The number of hydrogen-bond donors (Lipinski definition) is 2. The van der Waals surface area contributed by atoms with E-state index in [0.29, 0.717) is 18.6 Å². The molecule has 3 aromatic heterocycles. The molecule has 4 rings (SSSR count). The quantitative estimate of drug-likeness (QED) is 0.711. The van der Waals surface area contributed by atoms with Crippen molar-refractivity contribution in [2.24, 2.45) is 13.0 Å². The molecule has 9 nitrogen and oxygen atoms in total. The van der Waals surface area contributed by atoms with Crippen molar-refractivity contribution in [3.63, 3.8) is 0 Å². The highest BCUT2D eigenvalue weighted by Gasteiger charge is 2.37. The van der Waals surface area contributed by atoms with Crippen LogP contribution < -0.4 is 5.32 Å². The highest BCUT2D eigenvalue weighted by molar-refractivity contribution is 5.91. The fourth-order valence-electron chi connectivity index (χ4n) is 3.21. The summed E-state index contributed by atoms with van der Waals surface area (Å²) in [6.07, 6.45) is 6.36. The van der Waals surface area contributed by atoms with Crippen molar-refractivity contribution in [3.05, 3.63) is 41.7 Å². The van der Waals surface area contributed by atoms with Crippen molar-refractivity contribution >= 4 is 11.7 Å². The standard InChI is InChI=1S/C16H19N7O2/c1-9-3-4-23-14(20-21-16(23)18-9)15(25)19-13(10-5-12(24)6-10)11-7-17-22(2)8-11/h3-4,7-8,10,12-13,24H,5-6H2,1-2H3,(H,19,25)/t10?,12?,13-/m0/s1. The molecule has 0 bridgehead atoms. The monoisotopic (exact) mass is 341 g/mol. The molecule has 0 unspecified atom stereocenters. The fraction of sp³-hybridized carbons (Fsp3) is 0.438. The summed E-state index contributed by atoms with van der Waals surface area (Å²) in [6, 6.07) is 1.57. The average Bonchev–Trinajstić information content (AvgIpc) is 3.15. The summed E-state index contributed by atoms with van der Waals surface area (Å²) < 4.78 is 3.26. The maximum atomic E-state index is 12.8. The molecular formula is C16H19N7O2. The second-order valence-electron chi connectivity index (χ2n) is 6.55. The highest BCUT2D eigenvalue weighted by atomic mass is 16.3. The van der Waals surface area contributed by atoms with E-state index in [2.05, 4.69) is 25.6 Å². The van der Waals surface area contributed by atoms with Gasteiger partial charge in [0.1, 0.15) is 0 Å². The van der Waals surface area contributed by atoms with Gasteiger partial charge < -0.3 is 10.4 Å². The van der Waals surface area contributed by atoms with Crippen LogP contribution in [0.1, 0.15) is 40.8 Å². The van der Waals surface area contributed by atoms with Crippen LogP contribution >= 0.6 is 0 Å². The predicted molar refractivity (Wildman–Crippen MR) is 87.7 cm³/mol. The molecule has 1 fully saturated rings. The average molecular weight is 341 g/mol. The molecule has 3 aromatic rings. The molecule has 1 amide bonds. The van der Waals surface area contributed by atoms with Crippen LogP contribution in [0.2, 0.25) is 0 Å². The Balaban J connectivity index is 1.61. The third kappa shape index (κ3) is 2.86. The van der Waals surface area contributed by atoms with Gasteiger partial charge in [-0.05, 0) is 31.7 Å². The Bertz CT molecular complexity index is 926. The Kier molecular flexibility index (Phi) is 3.72. The minimum Gasteiger partial charge on any atom is -0.393 e. The number of fused-ring (bicyclic) bond motifs is 1. The summed E-state index contributed by atoms with van der Waals surface area (Å²) in [7, 11) is 1.83. The van der Waals surface area contributed by atoms with Gasteiger partial charge in [-0.25, -0.2) is 4.98 Å². The maximum Gasteiger partial charge on any atom is 0.290 e. The van der Waals surface area contributed by atoms with Crippen molar-refractivity contribution in [1.29, 1.82) is 0 Å². The maximum absolute atomic E-state index is 12.8. The molecule has 25 heavy (non-hydrogen) atoms. The van der Waals surface area contributed by atoms with E-state index in [1.807, 2.05) is 20.2 Å². The molecule has 9 heteroatoms. The third-order valence-electron chi connectivity index (χ3n) is 4.61. The van der Waals surface area contributed by atoms with E-state index in [0.717, 1.165) is 11.3 Å². The number of nitrogens with one attached hydrogen (secondary N) is 1. The highest BCUT2D eigenvalue weighted by Crippen LogP contribution is 2.38.